The van der Waals surface area contributed by atoms with Gasteiger partial charge in [0.2, 0.25) is 0 Å². The summed E-state index contributed by atoms with van der Waals surface area (Å²) in [5, 5.41) is 10.4. The number of ether oxygens (including phenoxy) is 1. The topological polar surface area (TPSA) is 90.4 Å². The number of nitrogen functional groups attached to an aromatic ring is 1. The molecule has 0 unspecified atom stereocenters. The summed E-state index contributed by atoms with van der Waals surface area (Å²) < 4.78 is 4.87. The monoisotopic (exact) mass is 219 g/mol. The third-order valence-corrected chi connectivity index (χ3v) is 1.56. The van der Waals surface area contributed by atoms with Crippen molar-refractivity contribution in [3.8, 4) is 5.75 Å². The van der Waals surface area contributed by atoms with Crippen molar-refractivity contribution < 1.29 is 9.66 Å². The largest absolute Gasteiger partial charge is 0.497 e. The van der Waals surface area contributed by atoms with Gasteiger partial charge in [-0.2, -0.15) is 0 Å². The fourth-order valence-corrected chi connectivity index (χ4v) is 0.917. The molecule has 1 aromatic rings. The van der Waals surface area contributed by atoms with Gasteiger partial charge in [0.15, 0.2) is 0 Å². The molecule has 0 aromatic heterocycles. The van der Waals surface area contributed by atoms with Crippen molar-refractivity contribution in [2.24, 2.45) is 5.84 Å². The highest BCUT2D eigenvalue weighted by atomic mass is 35.5. The third kappa shape index (κ3) is 2.48. The maximum Gasteiger partial charge on any atom is 0.293 e. The molecule has 6 nitrogen and oxygen atoms in total. The minimum Gasteiger partial charge on any atom is -0.497 e. The first-order chi connectivity index (χ1) is 6.19. The zero-order chi connectivity index (χ0) is 9.84. The van der Waals surface area contributed by atoms with E-state index < -0.39 is 4.92 Å². The molecule has 7 heteroatoms. The Morgan fingerprint density at radius 2 is 2.21 bits per heavy atom. The van der Waals surface area contributed by atoms with Crippen molar-refractivity contribution in [3.05, 3.63) is 28.3 Å². The molecule has 0 radical (unpaired) electrons. The summed E-state index contributed by atoms with van der Waals surface area (Å²) in [5.41, 5.74) is 2.38. The molecule has 1 rings (SSSR count). The minimum absolute atomic E-state index is 0. The fraction of sp³-hybridized carbons (Fsp3) is 0.143. The number of rotatable bonds is 3. The SMILES string of the molecule is COc1ccc([N+](=O)[O-])c(NN)c1.Cl. The molecule has 3 N–H and O–H groups in total. The highest BCUT2D eigenvalue weighted by molar-refractivity contribution is 5.85. The quantitative estimate of drug-likeness (QED) is 0.454. The van der Waals surface area contributed by atoms with Crippen LogP contribution in [0, 0.1) is 10.1 Å². The van der Waals surface area contributed by atoms with Gasteiger partial charge in [-0.25, -0.2) is 0 Å². The smallest absolute Gasteiger partial charge is 0.293 e. The molecule has 1 aromatic carbocycles. The van der Waals surface area contributed by atoms with Crippen LogP contribution in [0.15, 0.2) is 18.2 Å². The molecular formula is C7H10ClN3O3. The molecule has 0 spiro atoms. The first-order valence-corrected chi connectivity index (χ1v) is 3.48. The second-order valence-electron chi connectivity index (χ2n) is 2.28. The number of nitrogens with zero attached hydrogens (tertiary/aromatic N) is 1. The summed E-state index contributed by atoms with van der Waals surface area (Å²) in [6.45, 7) is 0. The third-order valence-electron chi connectivity index (χ3n) is 1.56. The molecule has 78 valence electrons. The number of nitrogens with two attached hydrogens (primary N) is 1. The number of hydrogen-bond donors (Lipinski definition) is 2. The number of methoxy groups -OCH3 is 1. The van der Waals surface area contributed by atoms with E-state index in [0.717, 1.165) is 0 Å². The van der Waals surface area contributed by atoms with Crippen LogP contribution in [0.2, 0.25) is 0 Å². The van der Waals surface area contributed by atoms with Gasteiger partial charge in [-0.05, 0) is 6.07 Å². The van der Waals surface area contributed by atoms with Crippen LogP contribution in [0.4, 0.5) is 11.4 Å². The van der Waals surface area contributed by atoms with Crippen molar-refractivity contribution in [1.29, 1.82) is 0 Å². The van der Waals surface area contributed by atoms with Gasteiger partial charge in [0.1, 0.15) is 11.4 Å². The highest BCUT2D eigenvalue weighted by Crippen LogP contribution is 2.27. The van der Waals surface area contributed by atoms with Gasteiger partial charge < -0.3 is 10.2 Å². The van der Waals surface area contributed by atoms with E-state index in [-0.39, 0.29) is 23.8 Å². The summed E-state index contributed by atoms with van der Waals surface area (Å²) in [7, 11) is 1.47. The van der Waals surface area contributed by atoms with Crippen LogP contribution >= 0.6 is 12.4 Å². The van der Waals surface area contributed by atoms with Gasteiger partial charge in [0, 0.05) is 12.1 Å². The first-order valence-electron chi connectivity index (χ1n) is 3.48. The number of nitro groups is 1. The average molecular weight is 220 g/mol. The molecule has 0 aliphatic heterocycles. The van der Waals surface area contributed by atoms with Gasteiger partial charge in [0.05, 0.1) is 12.0 Å². The summed E-state index contributed by atoms with van der Waals surface area (Å²) in [5.74, 6) is 5.61. The fourth-order valence-electron chi connectivity index (χ4n) is 0.917. The molecule has 0 saturated carbocycles. The molecule has 0 aliphatic rings. The molecule has 0 heterocycles. The zero-order valence-corrected chi connectivity index (χ0v) is 8.21. The van der Waals surface area contributed by atoms with Crippen LogP contribution in [0.3, 0.4) is 0 Å². The maximum absolute atomic E-state index is 10.4. The van der Waals surface area contributed by atoms with Crippen LogP contribution < -0.4 is 16.0 Å². The van der Waals surface area contributed by atoms with Crippen LogP contribution in [0.5, 0.6) is 5.75 Å². The zero-order valence-electron chi connectivity index (χ0n) is 7.39. The number of hydrogen-bond acceptors (Lipinski definition) is 5. The predicted molar refractivity (Wildman–Crippen MR) is 54.7 cm³/mol. The number of hydrazine groups is 1. The van der Waals surface area contributed by atoms with E-state index in [1.807, 2.05) is 0 Å². The number of nitrogens with one attached hydrogen (secondary N) is 1. The Bertz CT molecular complexity index is 332. The Morgan fingerprint density at radius 3 is 2.64 bits per heavy atom. The summed E-state index contributed by atoms with van der Waals surface area (Å²) in [6.07, 6.45) is 0. The second-order valence-corrected chi connectivity index (χ2v) is 2.28. The van der Waals surface area contributed by atoms with Crippen molar-refractivity contribution >= 4 is 23.8 Å². The van der Waals surface area contributed by atoms with E-state index in [9.17, 15) is 10.1 Å². The summed E-state index contributed by atoms with van der Waals surface area (Å²) in [4.78, 5) is 9.93. The summed E-state index contributed by atoms with van der Waals surface area (Å²) >= 11 is 0. The van der Waals surface area contributed by atoms with Crippen LogP contribution in [0.25, 0.3) is 0 Å². The van der Waals surface area contributed by atoms with Gasteiger partial charge >= 0.3 is 0 Å². The second kappa shape index (κ2) is 5.25. The Balaban J connectivity index is 0.00000169. The maximum atomic E-state index is 10.4. The average Bonchev–Trinajstić information content (AvgIpc) is 2.16. The Morgan fingerprint density at radius 1 is 1.57 bits per heavy atom. The van der Waals surface area contributed by atoms with Crippen LogP contribution in [-0.4, -0.2) is 12.0 Å². The molecular weight excluding hydrogens is 210 g/mol. The number of nitro benzene ring substituents is 1. The van der Waals surface area contributed by atoms with Gasteiger partial charge in [-0.1, -0.05) is 0 Å². The standard InChI is InChI=1S/C7H9N3O3.ClH/c1-13-5-2-3-7(10(11)12)6(4-5)9-8;/h2-4,9H,8H2,1H3;1H. The van der Waals surface area contributed by atoms with Gasteiger partial charge in [0.25, 0.3) is 5.69 Å². The van der Waals surface area contributed by atoms with Crippen molar-refractivity contribution in [2.75, 3.05) is 12.5 Å². The lowest BCUT2D eigenvalue weighted by Crippen LogP contribution is -2.09. The van der Waals surface area contributed by atoms with E-state index in [0.29, 0.717) is 5.75 Å². The van der Waals surface area contributed by atoms with E-state index >= 15 is 0 Å². The van der Waals surface area contributed by atoms with E-state index in [2.05, 4.69) is 5.43 Å². The van der Waals surface area contributed by atoms with Gasteiger partial charge in [-0.3, -0.25) is 16.0 Å². The van der Waals surface area contributed by atoms with Crippen molar-refractivity contribution in [1.82, 2.24) is 0 Å². The lowest BCUT2D eigenvalue weighted by molar-refractivity contribution is -0.384. The summed E-state index contributed by atoms with van der Waals surface area (Å²) in [6, 6.07) is 4.28. The Kier molecular flexibility index (Phi) is 4.68. The van der Waals surface area contributed by atoms with Crippen molar-refractivity contribution in [3.63, 3.8) is 0 Å². The lowest BCUT2D eigenvalue weighted by Gasteiger charge is -2.03. The normalized spacial score (nSPS) is 8.71. The van der Waals surface area contributed by atoms with Crippen molar-refractivity contribution in [2.45, 2.75) is 0 Å². The van der Waals surface area contributed by atoms with E-state index in [1.54, 1.807) is 0 Å². The molecule has 0 fully saturated rings. The lowest BCUT2D eigenvalue weighted by atomic mass is 10.2. The van der Waals surface area contributed by atoms with E-state index in [4.69, 9.17) is 10.6 Å². The van der Waals surface area contributed by atoms with Crippen LogP contribution in [0.1, 0.15) is 0 Å². The molecule has 0 amide bonds. The minimum atomic E-state index is -0.519. The van der Waals surface area contributed by atoms with Gasteiger partial charge in [-0.15, -0.1) is 12.4 Å². The Labute approximate surface area is 86.6 Å². The molecule has 14 heavy (non-hydrogen) atoms. The molecule has 0 bridgehead atoms. The molecule has 0 saturated heterocycles. The van der Waals surface area contributed by atoms with E-state index in [1.165, 1.54) is 25.3 Å². The molecule has 0 aliphatic carbocycles. The number of halogens is 1. The van der Waals surface area contributed by atoms with Crippen LogP contribution in [-0.2, 0) is 0 Å². The Hall–Kier alpha value is -1.53. The number of benzene rings is 1. The number of anilines is 1. The highest BCUT2D eigenvalue weighted by Gasteiger charge is 2.12. The molecule has 0 atom stereocenters. The first kappa shape index (κ1) is 12.5. The predicted octanol–water partition coefficient (Wildman–Crippen LogP) is 1.31.